The molecule has 0 fully saturated rings. The first-order valence-electron chi connectivity index (χ1n) is 8.01. The molecule has 0 saturated heterocycles. The molecule has 0 atom stereocenters. The Labute approximate surface area is 141 Å². The van der Waals surface area contributed by atoms with Crippen LogP contribution in [0.5, 0.6) is 0 Å². The topological polar surface area (TPSA) is 21.5 Å². The third-order valence-corrected chi connectivity index (χ3v) is 4.34. The molecule has 2 heteroatoms. The molecule has 4 rings (SSSR count). The zero-order valence-corrected chi connectivity index (χ0v) is 13.4. The van der Waals surface area contributed by atoms with Crippen LogP contribution in [-0.4, -0.2) is 10.2 Å². The summed E-state index contributed by atoms with van der Waals surface area (Å²) in [5.41, 5.74) is 5.75. The largest absolute Gasteiger partial charge is 0.313 e. The molecule has 0 spiro atoms. The van der Waals surface area contributed by atoms with Crippen molar-refractivity contribution in [1.82, 2.24) is 4.40 Å². The van der Waals surface area contributed by atoms with Gasteiger partial charge in [0.15, 0.2) is 0 Å². The van der Waals surface area contributed by atoms with E-state index in [0.29, 0.717) is 5.56 Å². The molecule has 0 N–H and O–H groups in total. The number of carbonyl (C=O) groups is 1. The molecule has 2 aromatic heterocycles. The molecule has 2 heterocycles. The minimum atomic E-state index is 0.0540. The standard InChI is InChI=1S/C22H17NO/c1-16-15-20-9-5-6-14-23(20)21(16)22(24)19-12-10-18(11-13-19)17-7-3-2-4-8-17/h2-15H,1H3. The Kier molecular flexibility index (Phi) is 3.51. The maximum absolute atomic E-state index is 13.0. The summed E-state index contributed by atoms with van der Waals surface area (Å²) >= 11 is 0. The van der Waals surface area contributed by atoms with Gasteiger partial charge in [-0.05, 0) is 41.8 Å². The minimum Gasteiger partial charge on any atom is -0.313 e. The second-order valence-corrected chi connectivity index (χ2v) is 5.94. The molecule has 0 saturated carbocycles. The van der Waals surface area contributed by atoms with Crippen molar-refractivity contribution in [3.05, 3.63) is 102 Å². The van der Waals surface area contributed by atoms with Crippen LogP contribution in [0.4, 0.5) is 0 Å². The van der Waals surface area contributed by atoms with Gasteiger partial charge in [0.25, 0.3) is 0 Å². The van der Waals surface area contributed by atoms with Crippen LogP contribution in [0.3, 0.4) is 0 Å². The fourth-order valence-electron chi connectivity index (χ4n) is 3.13. The van der Waals surface area contributed by atoms with Crippen LogP contribution < -0.4 is 0 Å². The van der Waals surface area contributed by atoms with Crippen molar-refractivity contribution in [2.45, 2.75) is 6.92 Å². The number of carbonyl (C=O) groups excluding carboxylic acids is 1. The van der Waals surface area contributed by atoms with E-state index in [-0.39, 0.29) is 5.78 Å². The van der Waals surface area contributed by atoms with Crippen LogP contribution in [-0.2, 0) is 0 Å². The lowest BCUT2D eigenvalue weighted by Gasteiger charge is -2.06. The first kappa shape index (κ1) is 14.5. The van der Waals surface area contributed by atoms with E-state index < -0.39 is 0 Å². The average molecular weight is 311 g/mol. The monoisotopic (exact) mass is 311 g/mol. The van der Waals surface area contributed by atoms with E-state index in [0.717, 1.165) is 27.9 Å². The molecule has 2 nitrogen and oxygen atoms in total. The maximum Gasteiger partial charge on any atom is 0.210 e. The second-order valence-electron chi connectivity index (χ2n) is 5.94. The van der Waals surface area contributed by atoms with Gasteiger partial charge in [-0.3, -0.25) is 4.79 Å². The molecule has 0 unspecified atom stereocenters. The lowest BCUT2D eigenvalue weighted by molar-refractivity contribution is 0.103. The number of fused-ring (bicyclic) bond motifs is 1. The number of aryl methyl sites for hydroxylation is 1. The molecule has 0 radical (unpaired) electrons. The number of aromatic nitrogens is 1. The van der Waals surface area contributed by atoms with Crippen molar-refractivity contribution in [2.24, 2.45) is 0 Å². The quantitative estimate of drug-likeness (QED) is 0.480. The Balaban J connectivity index is 1.73. The Bertz CT molecular complexity index is 1010. The highest BCUT2D eigenvalue weighted by Crippen LogP contribution is 2.23. The number of ketones is 1. The molecular formula is C22H17NO. The van der Waals surface area contributed by atoms with Gasteiger partial charge in [0.2, 0.25) is 5.78 Å². The third-order valence-electron chi connectivity index (χ3n) is 4.34. The Morgan fingerprint density at radius 1 is 0.792 bits per heavy atom. The predicted octanol–water partition coefficient (Wildman–Crippen LogP) is 5.15. The van der Waals surface area contributed by atoms with Crippen LogP contribution >= 0.6 is 0 Å². The lowest BCUT2D eigenvalue weighted by atomic mass is 10.0. The van der Waals surface area contributed by atoms with Crippen molar-refractivity contribution in [1.29, 1.82) is 0 Å². The zero-order chi connectivity index (χ0) is 16.5. The van der Waals surface area contributed by atoms with E-state index in [4.69, 9.17) is 0 Å². The molecule has 24 heavy (non-hydrogen) atoms. The van der Waals surface area contributed by atoms with Gasteiger partial charge >= 0.3 is 0 Å². The summed E-state index contributed by atoms with van der Waals surface area (Å²) in [6.07, 6.45) is 1.94. The van der Waals surface area contributed by atoms with Gasteiger partial charge in [0.05, 0.1) is 5.69 Å². The zero-order valence-electron chi connectivity index (χ0n) is 13.4. The van der Waals surface area contributed by atoms with Gasteiger partial charge < -0.3 is 4.40 Å². The van der Waals surface area contributed by atoms with Crippen molar-refractivity contribution < 1.29 is 4.79 Å². The Morgan fingerprint density at radius 2 is 1.46 bits per heavy atom. The average Bonchev–Trinajstić information content (AvgIpc) is 2.98. The van der Waals surface area contributed by atoms with Crippen molar-refractivity contribution in [2.75, 3.05) is 0 Å². The summed E-state index contributed by atoms with van der Waals surface area (Å²) in [7, 11) is 0. The van der Waals surface area contributed by atoms with Crippen molar-refractivity contribution >= 4 is 11.3 Å². The number of rotatable bonds is 3. The summed E-state index contributed by atoms with van der Waals surface area (Å²) in [6.45, 7) is 1.98. The molecule has 0 aliphatic rings. The fourth-order valence-corrected chi connectivity index (χ4v) is 3.13. The van der Waals surface area contributed by atoms with Crippen molar-refractivity contribution in [3.63, 3.8) is 0 Å². The highest BCUT2D eigenvalue weighted by Gasteiger charge is 2.16. The van der Waals surface area contributed by atoms with Gasteiger partial charge in [-0.25, -0.2) is 0 Å². The summed E-state index contributed by atoms with van der Waals surface area (Å²) in [4.78, 5) is 13.0. The number of pyridine rings is 1. The maximum atomic E-state index is 13.0. The number of nitrogens with zero attached hydrogens (tertiary/aromatic N) is 1. The van der Waals surface area contributed by atoms with E-state index >= 15 is 0 Å². The predicted molar refractivity (Wildman–Crippen MR) is 97.4 cm³/mol. The summed E-state index contributed by atoms with van der Waals surface area (Å²) in [5.74, 6) is 0.0540. The molecule has 0 aliphatic carbocycles. The van der Waals surface area contributed by atoms with E-state index in [9.17, 15) is 4.79 Å². The lowest BCUT2D eigenvalue weighted by Crippen LogP contribution is -2.06. The number of benzene rings is 2. The van der Waals surface area contributed by atoms with Gasteiger partial charge in [-0.15, -0.1) is 0 Å². The minimum absolute atomic E-state index is 0.0540. The van der Waals surface area contributed by atoms with E-state index in [1.54, 1.807) is 0 Å². The van der Waals surface area contributed by atoms with Crippen molar-refractivity contribution in [3.8, 4) is 11.1 Å². The van der Waals surface area contributed by atoms with E-state index in [1.807, 2.05) is 84.3 Å². The SMILES string of the molecule is Cc1cc2ccccn2c1C(=O)c1ccc(-c2ccccc2)cc1. The first-order valence-corrected chi connectivity index (χ1v) is 8.01. The molecule has 4 aromatic rings. The number of hydrogen-bond donors (Lipinski definition) is 0. The highest BCUT2D eigenvalue weighted by molar-refractivity contribution is 6.09. The van der Waals surface area contributed by atoms with Gasteiger partial charge in [-0.1, -0.05) is 60.7 Å². The molecule has 2 aromatic carbocycles. The van der Waals surface area contributed by atoms with Crippen LogP contribution in [0.2, 0.25) is 0 Å². The molecular weight excluding hydrogens is 294 g/mol. The smallest absolute Gasteiger partial charge is 0.210 e. The Morgan fingerprint density at radius 3 is 2.21 bits per heavy atom. The molecule has 0 bridgehead atoms. The number of hydrogen-bond acceptors (Lipinski definition) is 1. The van der Waals surface area contributed by atoms with Crippen LogP contribution in [0.1, 0.15) is 21.6 Å². The summed E-state index contributed by atoms with van der Waals surface area (Å²) in [6, 6.07) is 26.0. The van der Waals surface area contributed by atoms with Crippen LogP contribution in [0.25, 0.3) is 16.6 Å². The molecule has 116 valence electrons. The third kappa shape index (κ3) is 2.42. The van der Waals surface area contributed by atoms with Crippen LogP contribution in [0.15, 0.2) is 85.1 Å². The highest BCUT2D eigenvalue weighted by atomic mass is 16.1. The molecule has 0 aliphatic heterocycles. The van der Waals surface area contributed by atoms with Gasteiger partial charge in [0.1, 0.15) is 0 Å². The second kappa shape index (κ2) is 5.82. The normalized spacial score (nSPS) is 10.9. The van der Waals surface area contributed by atoms with E-state index in [2.05, 4.69) is 12.1 Å². The molecule has 0 amide bonds. The summed E-state index contributed by atoms with van der Waals surface area (Å²) < 4.78 is 1.96. The summed E-state index contributed by atoms with van der Waals surface area (Å²) in [5, 5.41) is 0. The fraction of sp³-hybridized carbons (Fsp3) is 0.0455. The van der Waals surface area contributed by atoms with Gasteiger partial charge in [0, 0.05) is 17.3 Å². The first-order chi connectivity index (χ1) is 11.7. The van der Waals surface area contributed by atoms with Gasteiger partial charge in [-0.2, -0.15) is 0 Å². The van der Waals surface area contributed by atoms with E-state index in [1.165, 1.54) is 0 Å². The Hall–Kier alpha value is -3.13. The van der Waals surface area contributed by atoms with Crippen LogP contribution in [0, 0.1) is 6.92 Å².